The molecule has 1 N–H and O–H groups in total. The van der Waals surface area contributed by atoms with Crippen LogP contribution in [-0.2, 0) is 11.2 Å². The van der Waals surface area contributed by atoms with Gasteiger partial charge in [-0.1, -0.05) is 13.8 Å². The first kappa shape index (κ1) is 10.1. The molecule has 1 amide bonds. The zero-order chi connectivity index (χ0) is 9.68. The van der Waals surface area contributed by atoms with Crippen molar-refractivity contribution in [3.63, 3.8) is 0 Å². The maximum atomic E-state index is 11.0. The molecule has 0 radical (unpaired) electrons. The minimum Gasteiger partial charge on any atom is -0.301 e. The number of nitrogens with one attached hydrogen (secondary N) is 1. The molecule has 1 aromatic heterocycles. The molecule has 0 spiro atoms. The summed E-state index contributed by atoms with van der Waals surface area (Å²) in [6, 6.07) is 0. The lowest BCUT2D eigenvalue weighted by Gasteiger charge is -1.94. The van der Waals surface area contributed by atoms with Gasteiger partial charge in [0, 0.05) is 24.4 Å². The van der Waals surface area contributed by atoms with Crippen molar-refractivity contribution >= 4 is 22.6 Å². The Morgan fingerprint density at radius 2 is 2.31 bits per heavy atom. The highest BCUT2D eigenvalue weighted by Crippen LogP contribution is 2.11. The summed E-state index contributed by atoms with van der Waals surface area (Å²) >= 11 is 1.24. The number of anilines is 1. The molecule has 1 heterocycles. The zero-order valence-electron chi connectivity index (χ0n) is 7.83. The van der Waals surface area contributed by atoms with Crippen LogP contribution < -0.4 is 5.32 Å². The number of nitrogens with zero attached hydrogens (tertiary/aromatic N) is 2. The van der Waals surface area contributed by atoms with Crippen molar-refractivity contribution in [1.82, 2.24) is 9.36 Å². The second-order valence-electron chi connectivity index (χ2n) is 2.67. The van der Waals surface area contributed by atoms with Gasteiger partial charge in [0.2, 0.25) is 11.0 Å². The van der Waals surface area contributed by atoms with E-state index in [9.17, 15) is 4.79 Å². The Bertz CT molecular complexity index is 285. The molecule has 1 rings (SSSR count). The number of amides is 1. The minimum atomic E-state index is -0.0146. The van der Waals surface area contributed by atoms with Crippen LogP contribution in [0.15, 0.2) is 0 Å². The molecule has 0 fully saturated rings. The molecule has 0 saturated heterocycles. The van der Waals surface area contributed by atoms with Gasteiger partial charge in [0.25, 0.3) is 0 Å². The number of rotatable bonds is 4. The molecular formula is C8H13N3OS. The van der Waals surface area contributed by atoms with E-state index in [4.69, 9.17) is 0 Å². The normalized spacial score (nSPS) is 10.0. The molecule has 72 valence electrons. The quantitative estimate of drug-likeness (QED) is 0.805. The van der Waals surface area contributed by atoms with Crippen molar-refractivity contribution < 1.29 is 4.79 Å². The molecule has 0 bridgehead atoms. The Morgan fingerprint density at radius 3 is 2.92 bits per heavy atom. The van der Waals surface area contributed by atoms with E-state index in [0.29, 0.717) is 11.6 Å². The van der Waals surface area contributed by atoms with Crippen molar-refractivity contribution in [2.24, 2.45) is 0 Å². The SMILES string of the molecule is CCCc1nsc(NC(=O)CC)n1. The molecule has 1 aromatic rings. The Morgan fingerprint density at radius 1 is 1.54 bits per heavy atom. The lowest BCUT2D eigenvalue weighted by Crippen LogP contribution is -2.09. The number of hydrogen-bond acceptors (Lipinski definition) is 4. The highest BCUT2D eigenvalue weighted by atomic mass is 32.1. The number of hydrogen-bond donors (Lipinski definition) is 1. The molecule has 4 nitrogen and oxygen atoms in total. The summed E-state index contributed by atoms with van der Waals surface area (Å²) < 4.78 is 4.11. The molecule has 0 unspecified atom stereocenters. The van der Waals surface area contributed by atoms with E-state index in [-0.39, 0.29) is 5.91 Å². The van der Waals surface area contributed by atoms with Crippen LogP contribution in [0.1, 0.15) is 32.5 Å². The second kappa shape index (κ2) is 4.91. The van der Waals surface area contributed by atoms with Gasteiger partial charge in [0.1, 0.15) is 5.82 Å². The van der Waals surface area contributed by atoms with Crippen LogP contribution in [0.2, 0.25) is 0 Å². The summed E-state index contributed by atoms with van der Waals surface area (Å²) in [6.45, 7) is 3.88. The van der Waals surface area contributed by atoms with E-state index in [2.05, 4.69) is 21.6 Å². The molecule has 0 saturated carbocycles. The van der Waals surface area contributed by atoms with E-state index in [1.165, 1.54) is 11.5 Å². The second-order valence-corrected chi connectivity index (χ2v) is 3.42. The minimum absolute atomic E-state index is 0.0146. The van der Waals surface area contributed by atoms with Crippen LogP contribution in [0.4, 0.5) is 5.13 Å². The lowest BCUT2D eigenvalue weighted by molar-refractivity contribution is -0.115. The monoisotopic (exact) mass is 199 g/mol. The van der Waals surface area contributed by atoms with Crippen molar-refractivity contribution in [1.29, 1.82) is 0 Å². The van der Waals surface area contributed by atoms with Gasteiger partial charge in [-0.05, 0) is 6.42 Å². The zero-order valence-corrected chi connectivity index (χ0v) is 8.65. The fourth-order valence-electron chi connectivity index (χ4n) is 0.838. The molecule has 13 heavy (non-hydrogen) atoms. The summed E-state index contributed by atoms with van der Waals surface area (Å²) in [5.74, 6) is 0.804. The number of carbonyl (C=O) groups is 1. The third kappa shape index (κ3) is 3.10. The smallest absolute Gasteiger partial charge is 0.225 e. The molecule has 0 aromatic carbocycles. The van der Waals surface area contributed by atoms with Gasteiger partial charge in [0.05, 0.1) is 0 Å². The van der Waals surface area contributed by atoms with Gasteiger partial charge < -0.3 is 5.32 Å². The van der Waals surface area contributed by atoms with Gasteiger partial charge in [-0.15, -0.1) is 0 Å². The molecule has 0 aliphatic rings. The third-order valence-corrected chi connectivity index (χ3v) is 2.18. The van der Waals surface area contributed by atoms with Crippen LogP contribution >= 0.6 is 11.5 Å². The topological polar surface area (TPSA) is 54.9 Å². The van der Waals surface area contributed by atoms with Gasteiger partial charge >= 0.3 is 0 Å². The van der Waals surface area contributed by atoms with Crippen molar-refractivity contribution in [3.8, 4) is 0 Å². The number of aryl methyl sites for hydroxylation is 1. The van der Waals surface area contributed by atoms with Crippen LogP contribution in [0, 0.1) is 0 Å². The predicted octanol–water partition coefficient (Wildman–Crippen LogP) is 1.84. The Hall–Kier alpha value is -0.970. The van der Waals surface area contributed by atoms with Gasteiger partial charge in [-0.3, -0.25) is 4.79 Å². The summed E-state index contributed by atoms with van der Waals surface area (Å²) in [5.41, 5.74) is 0. The van der Waals surface area contributed by atoms with Crippen molar-refractivity contribution in [3.05, 3.63) is 5.82 Å². The van der Waals surface area contributed by atoms with Crippen molar-refractivity contribution in [2.75, 3.05) is 5.32 Å². The highest BCUT2D eigenvalue weighted by Gasteiger charge is 2.05. The van der Waals surface area contributed by atoms with Crippen LogP contribution in [0.5, 0.6) is 0 Å². The van der Waals surface area contributed by atoms with Gasteiger partial charge in [-0.25, -0.2) is 4.98 Å². The maximum absolute atomic E-state index is 11.0. The molecular weight excluding hydrogens is 186 g/mol. The van der Waals surface area contributed by atoms with Crippen LogP contribution in [0.25, 0.3) is 0 Å². The van der Waals surface area contributed by atoms with E-state index in [1.54, 1.807) is 0 Å². The van der Waals surface area contributed by atoms with Gasteiger partial charge in [-0.2, -0.15) is 4.37 Å². The first-order valence-corrected chi connectivity index (χ1v) is 5.16. The average Bonchev–Trinajstić information content (AvgIpc) is 2.53. The maximum Gasteiger partial charge on any atom is 0.225 e. The standard InChI is InChI=1S/C8H13N3OS/c1-3-5-6-9-8(13-11-6)10-7(12)4-2/h3-5H2,1-2H3,(H,9,10,11,12). The molecule has 0 aliphatic heterocycles. The lowest BCUT2D eigenvalue weighted by atomic mass is 10.3. The fraction of sp³-hybridized carbons (Fsp3) is 0.625. The van der Waals surface area contributed by atoms with E-state index < -0.39 is 0 Å². The summed E-state index contributed by atoms with van der Waals surface area (Å²) in [6.07, 6.45) is 2.37. The number of carbonyl (C=O) groups excluding carboxylic acids is 1. The summed E-state index contributed by atoms with van der Waals surface area (Å²) in [7, 11) is 0. The Labute approximate surface area is 81.6 Å². The van der Waals surface area contributed by atoms with E-state index >= 15 is 0 Å². The Kier molecular flexibility index (Phi) is 3.82. The van der Waals surface area contributed by atoms with Crippen LogP contribution in [0.3, 0.4) is 0 Å². The molecule has 0 atom stereocenters. The van der Waals surface area contributed by atoms with Gasteiger partial charge in [0.15, 0.2) is 0 Å². The first-order chi connectivity index (χ1) is 6.26. The number of aromatic nitrogens is 2. The Balaban J connectivity index is 2.53. The first-order valence-electron chi connectivity index (χ1n) is 4.38. The largest absolute Gasteiger partial charge is 0.301 e. The summed E-state index contributed by atoms with van der Waals surface area (Å²) in [4.78, 5) is 15.1. The molecule has 5 heteroatoms. The van der Waals surface area contributed by atoms with Crippen LogP contribution in [-0.4, -0.2) is 15.3 Å². The van der Waals surface area contributed by atoms with Crippen molar-refractivity contribution in [2.45, 2.75) is 33.1 Å². The van der Waals surface area contributed by atoms with E-state index in [0.717, 1.165) is 18.7 Å². The van der Waals surface area contributed by atoms with E-state index in [1.807, 2.05) is 6.92 Å². The summed E-state index contributed by atoms with van der Waals surface area (Å²) in [5, 5.41) is 3.28. The average molecular weight is 199 g/mol. The molecule has 0 aliphatic carbocycles. The third-order valence-electron chi connectivity index (χ3n) is 1.51. The predicted molar refractivity (Wildman–Crippen MR) is 52.8 cm³/mol. The fourth-order valence-corrected chi connectivity index (χ4v) is 1.47. The highest BCUT2D eigenvalue weighted by molar-refractivity contribution is 7.09.